The van der Waals surface area contributed by atoms with Gasteiger partial charge in [-0.1, -0.05) is 6.07 Å². The van der Waals surface area contributed by atoms with Gasteiger partial charge >= 0.3 is 0 Å². The Hall–Kier alpha value is -2.63. The smallest absolute Gasteiger partial charge is 0.259 e. The normalized spacial score (nSPS) is 13.1. The van der Waals surface area contributed by atoms with Crippen molar-refractivity contribution in [1.29, 1.82) is 5.26 Å². The van der Waals surface area contributed by atoms with Crippen molar-refractivity contribution in [3.05, 3.63) is 56.4 Å². The fourth-order valence-electron chi connectivity index (χ4n) is 3.38. The zero-order chi connectivity index (χ0) is 19.5. The highest BCUT2D eigenvalue weighted by Gasteiger charge is 2.19. The number of H-pyrrole nitrogens is 1. The zero-order valence-electron chi connectivity index (χ0n) is 15.1. The molecule has 2 N–H and O–H groups in total. The first-order valence-corrected chi connectivity index (χ1v) is 11.0. The number of hydrogen-bond donors (Lipinski definition) is 2. The molecule has 3 aromatic rings. The number of nitrogens with zero attached hydrogens (tertiary/aromatic N) is 2. The summed E-state index contributed by atoms with van der Waals surface area (Å²) >= 11 is 3.02. The van der Waals surface area contributed by atoms with E-state index in [1.54, 1.807) is 35.6 Å². The number of thioether (sulfide) groups is 1. The van der Waals surface area contributed by atoms with Gasteiger partial charge in [-0.3, -0.25) is 9.59 Å². The SMILES string of the molecule is N#Cc1cccc(NC(=O)CSCc2nc3sc4c(c3c(=O)[nH]2)CCCC4)c1. The van der Waals surface area contributed by atoms with E-state index in [4.69, 9.17) is 5.26 Å². The van der Waals surface area contributed by atoms with E-state index in [1.165, 1.54) is 28.6 Å². The molecular weight excluding hydrogens is 392 g/mol. The number of anilines is 1. The molecule has 0 saturated carbocycles. The lowest BCUT2D eigenvalue weighted by atomic mass is 9.97. The Bertz CT molecular complexity index is 1140. The van der Waals surface area contributed by atoms with Crippen LogP contribution in [0.3, 0.4) is 0 Å². The van der Waals surface area contributed by atoms with E-state index in [-0.39, 0.29) is 17.2 Å². The first-order chi connectivity index (χ1) is 13.6. The van der Waals surface area contributed by atoms with Gasteiger partial charge in [-0.25, -0.2) is 4.98 Å². The number of nitriles is 1. The summed E-state index contributed by atoms with van der Waals surface area (Å²) in [6.45, 7) is 0. The van der Waals surface area contributed by atoms with Gasteiger partial charge in [-0.05, 0) is 49.4 Å². The molecule has 0 fully saturated rings. The van der Waals surface area contributed by atoms with E-state index < -0.39 is 0 Å². The topological polar surface area (TPSA) is 98.6 Å². The van der Waals surface area contributed by atoms with E-state index in [9.17, 15) is 9.59 Å². The predicted molar refractivity (Wildman–Crippen MR) is 113 cm³/mol. The highest BCUT2D eigenvalue weighted by Crippen LogP contribution is 2.33. The number of rotatable bonds is 5. The standard InChI is InChI=1S/C20H18N4O2S2/c21-9-12-4-3-5-13(8-12)22-17(25)11-27-10-16-23-19(26)18-14-6-1-2-7-15(14)28-20(18)24-16/h3-5,8H,1-2,6-7,10-11H2,(H,22,25)(H,23,24,26). The van der Waals surface area contributed by atoms with Gasteiger partial charge in [0.05, 0.1) is 28.5 Å². The lowest BCUT2D eigenvalue weighted by Crippen LogP contribution is -2.15. The number of thiophene rings is 1. The number of hydrogen-bond acceptors (Lipinski definition) is 6. The van der Waals surface area contributed by atoms with Crippen molar-refractivity contribution in [2.75, 3.05) is 11.1 Å². The van der Waals surface area contributed by atoms with Gasteiger partial charge in [0.15, 0.2) is 0 Å². The van der Waals surface area contributed by atoms with Crippen molar-refractivity contribution in [1.82, 2.24) is 9.97 Å². The number of benzene rings is 1. The largest absolute Gasteiger partial charge is 0.325 e. The Morgan fingerprint density at radius 2 is 2.21 bits per heavy atom. The second kappa shape index (κ2) is 8.17. The molecule has 1 amide bonds. The maximum absolute atomic E-state index is 12.5. The third kappa shape index (κ3) is 3.96. The van der Waals surface area contributed by atoms with Crippen LogP contribution in [0.15, 0.2) is 29.1 Å². The van der Waals surface area contributed by atoms with Crippen LogP contribution >= 0.6 is 23.1 Å². The molecule has 0 atom stereocenters. The van der Waals surface area contributed by atoms with Crippen LogP contribution in [-0.4, -0.2) is 21.6 Å². The van der Waals surface area contributed by atoms with E-state index in [0.29, 0.717) is 22.8 Å². The average molecular weight is 411 g/mol. The Labute approximate surface area is 170 Å². The number of amides is 1. The van der Waals surface area contributed by atoms with Crippen molar-refractivity contribution in [3.8, 4) is 6.07 Å². The zero-order valence-corrected chi connectivity index (χ0v) is 16.7. The molecule has 142 valence electrons. The minimum atomic E-state index is -0.157. The molecule has 2 aromatic heterocycles. The van der Waals surface area contributed by atoms with Crippen molar-refractivity contribution in [2.45, 2.75) is 31.4 Å². The van der Waals surface area contributed by atoms with Crippen LogP contribution in [0.5, 0.6) is 0 Å². The van der Waals surface area contributed by atoms with Gasteiger partial charge in [0, 0.05) is 10.6 Å². The molecule has 0 aliphatic heterocycles. The molecule has 0 unspecified atom stereocenters. The van der Waals surface area contributed by atoms with Crippen molar-refractivity contribution < 1.29 is 4.79 Å². The summed E-state index contributed by atoms with van der Waals surface area (Å²) in [5, 5.41) is 12.4. The molecule has 4 rings (SSSR count). The van der Waals surface area contributed by atoms with Gasteiger partial charge in [-0.15, -0.1) is 23.1 Å². The quantitative estimate of drug-likeness (QED) is 0.669. The lowest BCUT2D eigenvalue weighted by molar-refractivity contribution is -0.113. The van der Waals surface area contributed by atoms with Crippen LogP contribution in [0, 0.1) is 11.3 Å². The summed E-state index contributed by atoms with van der Waals surface area (Å²) < 4.78 is 0. The van der Waals surface area contributed by atoms with E-state index in [2.05, 4.69) is 15.3 Å². The van der Waals surface area contributed by atoms with Gasteiger partial charge in [0.1, 0.15) is 10.7 Å². The molecule has 1 aromatic carbocycles. The first-order valence-electron chi connectivity index (χ1n) is 9.05. The van der Waals surface area contributed by atoms with Crippen LogP contribution in [-0.2, 0) is 23.4 Å². The van der Waals surface area contributed by atoms with Crippen molar-refractivity contribution >= 4 is 44.9 Å². The molecule has 8 heteroatoms. The minimum Gasteiger partial charge on any atom is -0.325 e. The Balaban J connectivity index is 1.39. The lowest BCUT2D eigenvalue weighted by Gasteiger charge is -2.09. The molecule has 1 aliphatic rings. The highest BCUT2D eigenvalue weighted by molar-refractivity contribution is 7.99. The molecule has 28 heavy (non-hydrogen) atoms. The maximum atomic E-state index is 12.5. The second-order valence-electron chi connectivity index (χ2n) is 6.64. The molecule has 0 saturated heterocycles. The van der Waals surface area contributed by atoms with E-state index in [1.807, 2.05) is 6.07 Å². The fourth-order valence-corrected chi connectivity index (χ4v) is 5.35. The van der Waals surface area contributed by atoms with Crippen LogP contribution in [0.4, 0.5) is 5.69 Å². The molecule has 2 heterocycles. The van der Waals surface area contributed by atoms with E-state index >= 15 is 0 Å². The summed E-state index contributed by atoms with van der Waals surface area (Å²) in [4.78, 5) is 34.2. The monoisotopic (exact) mass is 410 g/mol. The van der Waals surface area contributed by atoms with Crippen molar-refractivity contribution in [2.24, 2.45) is 0 Å². The van der Waals surface area contributed by atoms with Gasteiger partial charge in [0.25, 0.3) is 5.56 Å². The molecule has 0 radical (unpaired) electrons. The Morgan fingerprint density at radius 3 is 3.07 bits per heavy atom. The van der Waals surface area contributed by atoms with Crippen LogP contribution in [0.25, 0.3) is 10.2 Å². The van der Waals surface area contributed by atoms with Gasteiger partial charge < -0.3 is 10.3 Å². The van der Waals surface area contributed by atoms with Crippen molar-refractivity contribution in [3.63, 3.8) is 0 Å². The summed E-state index contributed by atoms with van der Waals surface area (Å²) in [6, 6.07) is 8.84. The molecule has 1 aliphatic carbocycles. The van der Waals surface area contributed by atoms with Gasteiger partial charge in [-0.2, -0.15) is 5.26 Å². The summed E-state index contributed by atoms with van der Waals surface area (Å²) in [5.41, 5.74) is 2.21. The summed E-state index contributed by atoms with van der Waals surface area (Å²) in [6.07, 6.45) is 4.30. The summed E-state index contributed by atoms with van der Waals surface area (Å²) in [5.74, 6) is 1.13. The number of carbonyl (C=O) groups excluding carboxylic acids is 1. The maximum Gasteiger partial charge on any atom is 0.259 e. The summed E-state index contributed by atoms with van der Waals surface area (Å²) in [7, 11) is 0. The Morgan fingerprint density at radius 1 is 1.36 bits per heavy atom. The third-order valence-corrected chi connectivity index (χ3v) is 6.75. The second-order valence-corrected chi connectivity index (χ2v) is 8.71. The number of aryl methyl sites for hydroxylation is 2. The average Bonchev–Trinajstić information content (AvgIpc) is 3.07. The fraction of sp³-hybridized carbons (Fsp3) is 0.300. The third-order valence-electron chi connectivity index (χ3n) is 4.62. The first kappa shape index (κ1) is 18.7. The number of fused-ring (bicyclic) bond motifs is 3. The van der Waals surface area contributed by atoms with Crippen LogP contribution in [0.2, 0.25) is 0 Å². The van der Waals surface area contributed by atoms with Crippen LogP contribution in [0.1, 0.15) is 34.7 Å². The highest BCUT2D eigenvalue weighted by atomic mass is 32.2. The molecule has 0 spiro atoms. The van der Waals surface area contributed by atoms with Crippen LogP contribution < -0.4 is 10.9 Å². The number of aromatic amines is 1. The van der Waals surface area contributed by atoms with Gasteiger partial charge in [0.2, 0.25) is 5.91 Å². The number of aromatic nitrogens is 2. The number of nitrogens with one attached hydrogen (secondary N) is 2. The predicted octanol–water partition coefficient (Wildman–Crippen LogP) is 3.61. The molecule has 6 nitrogen and oxygen atoms in total. The molecule has 0 bridgehead atoms. The van der Waals surface area contributed by atoms with E-state index in [0.717, 1.165) is 29.5 Å². The number of carbonyl (C=O) groups is 1. The minimum absolute atomic E-state index is 0.0715. The molecular formula is C20H18N4O2S2. The Kier molecular flexibility index (Phi) is 5.46.